The number of likely N-dealkylation sites (N-methyl/N-ethyl adjacent to an activating group) is 1. The van der Waals surface area contributed by atoms with Crippen molar-refractivity contribution in [1.82, 2.24) is 10.2 Å². The molecule has 4 atom stereocenters. The van der Waals surface area contributed by atoms with E-state index in [-0.39, 0.29) is 18.1 Å². The van der Waals surface area contributed by atoms with Gasteiger partial charge in [0.2, 0.25) is 5.91 Å². The second kappa shape index (κ2) is 6.63. The molecule has 0 aromatic rings. The monoisotopic (exact) mass is 297 g/mol. The van der Waals surface area contributed by atoms with Crippen LogP contribution in [0.25, 0.3) is 0 Å². The zero-order chi connectivity index (χ0) is 15.6. The van der Waals surface area contributed by atoms with Gasteiger partial charge in [-0.2, -0.15) is 0 Å². The van der Waals surface area contributed by atoms with Gasteiger partial charge in [-0.05, 0) is 59.9 Å². The lowest BCUT2D eigenvalue weighted by Crippen LogP contribution is -2.62. The molecule has 1 amide bonds. The Bertz CT molecular complexity index is 375. The predicted octanol–water partition coefficient (Wildman–Crippen LogP) is 1.26. The average Bonchev–Trinajstić information content (AvgIpc) is 2.83. The predicted molar refractivity (Wildman–Crippen MR) is 84.0 cm³/mol. The summed E-state index contributed by atoms with van der Waals surface area (Å²) >= 11 is 0. The number of nitrogens with two attached hydrogens (primary N) is 1. The molecular weight excluding hydrogens is 266 g/mol. The van der Waals surface area contributed by atoms with Crippen molar-refractivity contribution in [3.63, 3.8) is 0 Å². The number of ether oxygens (including phenoxy) is 1. The minimum absolute atomic E-state index is 0.204. The van der Waals surface area contributed by atoms with Gasteiger partial charge in [0.1, 0.15) is 0 Å². The van der Waals surface area contributed by atoms with Gasteiger partial charge in [0, 0.05) is 24.7 Å². The number of nitrogens with one attached hydrogen (secondary N) is 1. The summed E-state index contributed by atoms with van der Waals surface area (Å²) in [7, 11) is 2.17. The van der Waals surface area contributed by atoms with Crippen molar-refractivity contribution in [3.8, 4) is 0 Å². The molecule has 1 aliphatic carbocycles. The molecule has 1 heterocycles. The molecule has 1 aliphatic heterocycles. The molecule has 5 nitrogen and oxygen atoms in total. The number of amides is 1. The van der Waals surface area contributed by atoms with E-state index in [9.17, 15) is 4.79 Å². The van der Waals surface area contributed by atoms with E-state index >= 15 is 0 Å². The van der Waals surface area contributed by atoms with Gasteiger partial charge < -0.3 is 15.8 Å². The third-order valence-electron chi connectivity index (χ3n) is 5.20. The van der Waals surface area contributed by atoms with Crippen LogP contribution in [0.3, 0.4) is 0 Å². The number of hydrogen-bond donors (Lipinski definition) is 2. The number of primary amides is 1. The Balaban J connectivity index is 2.09. The fraction of sp³-hybridized carbons (Fsp3) is 0.938. The molecule has 0 aromatic carbocycles. The van der Waals surface area contributed by atoms with Gasteiger partial charge in [0.05, 0.1) is 11.6 Å². The molecule has 2 rings (SSSR count). The fourth-order valence-electron chi connectivity index (χ4n) is 4.10. The summed E-state index contributed by atoms with van der Waals surface area (Å²) in [6.45, 7) is 7.13. The van der Waals surface area contributed by atoms with E-state index in [4.69, 9.17) is 10.5 Å². The number of carbonyl (C=O) groups is 1. The van der Waals surface area contributed by atoms with E-state index in [0.29, 0.717) is 12.1 Å². The van der Waals surface area contributed by atoms with Crippen LogP contribution in [0.15, 0.2) is 0 Å². The van der Waals surface area contributed by atoms with E-state index in [1.807, 2.05) is 0 Å². The maximum atomic E-state index is 12.1. The lowest BCUT2D eigenvalue weighted by atomic mass is 9.77. The average molecular weight is 297 g/mol. The van der Waals surface area contributed by atoms with Crippen LogP contribution in [0.1, 0.15) is 52.9 Å². The zero-order valence-electron chi connectivity index (χ0n) is 13.9. The summed E-state index contributed by atoms with van der Waals surface area (Å²) in [5, 5.41) is 3.45. The van der Waals surface area contributed by atoms with Gasteiger partial charge in [-0.25, -0.2) is 0 Å². The normalized spacial score (nSPS) is 37.3. The molecule has 2 aliphatic rings. The van der Waals surface area contributed by atoms with Crippen LogP contribution in [0.2, 0.25) is 0 Å². The largest absolute Gasteiger partial charge is 0.377 e. The van der Waals surface area contributed by atoms with Crippen LogP contribution in [0.5, 0.6) is 0 Å². The number of nitrogens with zero attached hydrogens (tertiary/aromatic N) is 1. The van der Waals surface area contributed by atoms with Gasteiger partial charge in [-0.1, -0.05) is 0 Å². The minimum Gasteiger partial charge on any atom is -0.377 e. The second-order valence-corrected chi connectivity index (χ2v) is 7.09. The standard InChI is InChI=1S/C16H31N3O2/c1-11(2)18-16(15(17)20)8-5-6-13(10-16)19(4)14-7-9-21-12(14)3/h11-14,18H,5-10H2,1-4H3,(H2,17,20). The maximum absolute atomic E-state index is 12.1. The Morgan fingerprint density at radius 1 is 1.43 bits per heavy atom. The van der Waals surface area contributed by atoms with Crippen molar-refractivity contribution in [1.29, 1.82) is 0 Å². The molecule has 122 valence electrons. The van der Waals surface area contributed by atoms with Crippen LogP contribution < -0.4 is 11.1 Å². The SMILES string of the molecule is CC(C)NC1(C(N)=O)CCCC(N(C)C2CCOC2C)C1. The first-order chi connectivity index (χ1) is 9.85. The van der Waals surface area contributed by atoms with E-state index < -0.39 is 5.54 Å². The first-order valence-electron chi connectivity index (χ1n) is 8.27. The summed E-state index contributed by atoms with van der Waals surface area (Å²) < 4.78 is 5.69. The van der Waals surface area contributed by atoms with Gasteiger partial charge in [0.25, 0.3) is 0 Å². The molecule has 1 saturated heterocycles. The first kappa shape index (κ1) is 16.7. The summed E-state index contributed by atoms with van der Waals surface area (Å²) in [6.07, 6.45) is 5.18. The van der Waals surface area contributed by atoms with Crippen molar-refractivity contribution in [2.45, 2.75) is 82.6 Å². The minimum atomic E-state index is -0.548. The molecular formula is C16H31N3O2. The summed E-state index contributed by atoms with van der Waals surface area (Å²) in [5.74, 6) is -0.204. The van der Waals surface area contributed by atoms with Crippen molar-refractivity contribution in [2.75, 3.05) is 13.7 Å². The number of rotatable bonds is 5. The molecule has 0 bridgehead atoms. The van der Waals surface area contributed by atoms with Crippen molar-refractivity contribution in [2.24, 2.45) is 5.73 Å². The zero-order valence-corrected chi connectivity index (χ0v) is 13.9. The highest BCUT2D eigenvalue weighted by Crippen LogP contribution is 2.34. The molecule has 21 heavy (non-hydrogen) atoms. The van der Waals surface area contributed by atoms with Crippen molar-refractivity contribution >= 4 is 5.91 Å². The van der Waals surface area contributed by atoms with Crippen LogP contribution >= 0.6 is 0 Å². The van der Waals surface area contributed by atoms with Crippen LogP contribution in [-0.4, -0.2) is 54.2 Å². The highest BCUT2D eigenvalue weighted by Gasteiger charge is 2.44. The summed E-state index contributed by atoms with van der Waals surface area (Å²) in [4.78, 5) is 14.5. The number of hydrogen-bond acceptors (Lipinski definition) is 4. The Labute approximate surface area is 128 Å². The first-order valence-corrected chi connectivity index (χ1v) is 8.27. The topological polar surface area (TPSA) is 67.6 Å². The molecule has 2 fully saturated rings. The quantitative estimate of drug-likeness (QED) is 0.802. The van der Waals surface area contributed by atoms with E-state index in [1.165, 1.54) is 0 Å². The van der Waals surface area contributed by atoms with Gasteiger partial charge in [-0.15, -0.1) is 0 Å². The Kier molecular flexibility index (Phi) is 5.28. The van der Waals surface area contributed by atoms with Gasteiger partial charge in [0.15, 0.2) is 0 Å². The molecule has 0 spiro atoms. The lowest BCUT2D eigenvalue weighted by molar-refractivity contribution is -0.127. The maximum Gasteiger partial charge on any atom is 0.237 e. The third kappa shape index (κ3) is 3.58. The van der Waals surface area contributed by atoms with Crippen molar-refractivity contribution < 1.29 is 9.53 Å². The van der Waals surface area contributed by atoms with E-state index in [1.54, 1.807) is 0 Å². The van der Waals surface area contributed by atoms with Crippen LogP contribution in [0, 0.1) is 0 Å². The molecule has 1 saturated carbocycles. The highest BCUT2D eigenvalue weighted by molar-refractivity contribution is 5.85. The smallest absolute Gasteiger partial charge is 0.237 e. The molecule has 5 heteroatoms. The summed E-state index contributed by atoms with van der Waals surface area (Å²) in [5.41, 5.74) is 5.20. The molecule has 0 aromatic heterocycles. The van der Waals surface area contributed by atoms with Crippen molar-refractivity contribution in [3.05, 3.63) is 0 Å². The lowest BCUT2D eigenvalue weighted by Gasteiger charge is -2.45. The Morgan fingerprint density at radius 3 is 2.67 bits per heavy atom. The molecule has 3 N–H and O–H groups in total. The van der Waals surface area contributed by atoms with Crippen LogP contribution in [-0.2, 0) is 9.53 Å². The Hall–Kier alpha value is -0.650. The van der Waals surface area contributed by atoms with Gasteiger partial charge in [-0.3, -0.25) is 9.69 Å². The Morgan fingerprint density at radius 2 is 2.14 bits per heavy atom. The highest BCUT2D eigenvalue weighted by atomic mass is 16.5. The van der Waals surface area contributed by atoms with E-state index in [0.717, 1.165) is 38.7 Å². The third-order valence-corrected chi connectivity index (χ3v) is 5.20. The second-order valence-electron chi connectivity index (χ2n) is 7.09. The fourth-order valence-corrected chi connectivity index (χ4v) is 4.10. The van der Waals surface area contributed by atoms with Gasteiger partial charge >= 0.3 is 0 Å². The van der Waals surface area contributed by atoms with Crippen LogP contribution in [0.4, 0.5) is 0 Å². The number of carbonyl (C=O) groups excluding carboxylic acids is 1. The molecule has 0 radical (unpaired) electrons. The summed E-state index contributed by atoms with van der Waals surface area (Å²) in [6, 6.07) is 1.11. The molecule has 4 unspecified atom stereocenters. The van der Waals surface area contributed by atoms with E-state index in [2.05, 4.69) is 38.0 Å².